The summed E-state index contributed by atoms with van der Waals surface area (Å²) < 4.78 is 0.904. The van der Waals surface area contributed by atoms with Gasteiger partial charge in [-0.25, -0.2) is 0 Å². The van der Waals surface area contributed by atoms with Gasteiger partial charge >= 0.3 is 5.97 Å². The summed E-state index contributed by atoms with van der Waals surface area (Å²) in [4.78, 5) is 26.0. The highest BCUT2D eigenvalue weighted by atomic mass is 79.9. The van der Waals surface area contributed by atoms with E-state index in [0.717, 1.165) is 15.6 Å². The Bertz CT molecular complexity index is 1080. The minimum Gasteiger partial charge on any atom is -0.481 e. The van der Waals surface area contributed by atoms with Gasteiger partial charge in [0.2, 0.25) is 5.91 Å². The average molecular weight is 476 g/mol. The molecule has 0 saturated carbocycles. The monoisotopic (exact) mass is 475 g/mol. The van der Waals surface area contributed by atoms with Crippen molar-refractivity contribution in [2.45, 2.75) is 11.8 Å². The van der Waals surface area contributed by atoms with Crippen molar-refractivity contribution in [2.75, 3.05) is 5.32 Å². The van der Waals surface area contributed by atoms with Crippen molar-refractivity contribution in [1.82, 2.24) is 0 Å². The first-order valence-corrected chi connectivity index (χ1v) is 10.9. The summed E-state index contributed by atoms with van der Waals surface area (Å²) in [5, 5.41) is 13.2. The molecule has 1 aliphatic carbocycles. The van der Waals surface area contributed by atoms with Crippen LogP contribution in [-0.4, -0.2) is 17.0 Å². The van der Waals surface area contributed by atoms with Crippen LogP contribution >= 0.6 is 15.9 Å². The molecule has 31 heavy (non-hydrogen) atoms. The van der Waals surface area contributed by atoms with Gasteiger partial charge in [0.25, 0.3) is 0 Å². The van der Waals surface area contributed by atoms with E-state index in [9.17, 15) is 14.7 Å². The minimum absolute atomic E-state index is 0.297. The van der Waals surface area contributed by atoms with Crippen molar-refractivity contribution < 1.29 is 14.7 Å². The van der Waals surface area contributed by atoms with Crippen molar-refractivity contribution in [1.29, 1.82) is 0 Å². The number of halogens is 1. The molecule has 0 spiro atoms. The molecule has 3 aromatic carbocycles. The van der Waals surface area contributed by atoms with E-state index in [1.54, 1.807) is 12.1 Å². The van der Waals surface area contributed by atoms with Crippen molar-refractivity contribution >= 4 is 33.5 Å². The number of amides is 1. The molecule has 0 fully saturated rings. The molecule has 0 radical (unpaired) electrons. The zero-order chi connectivity index (χ0) is 21.8. The fraction of sp³-hybridized carbons (Fsp3) is 0.154. The number of carboxylic acid groups (broad SMARTS) is 1. The van der Waals surface area contributed by atoms with Gasteiger partial charge in [0.05, 0.1) is 11.8 Å². The maximum absolute atomic E-state index is 13.5. The predicted octanol–water partition coefficient (Wildman–Crippen LogP) is 5.84. The summed E-state index contributed by atoms with van der Waals surface area (Å²) in [6.07, 6.45) is 3.92. The first kappa shape index (κ1) is 21.1. The van der Waals surface area contributed by atoms with Gasteiger partial charge in [-0.1, -0.05) is 88.7 Å². The third kappa shape index (κ3) is 4.62. The van der Waals surface area contributed by atoms with Crippen molar-refractivity contribution in [3.8, 4) is 0 Å². The second kappa shape index (κ2) is 9.31. The molecule has 156 valence electrons. The maximum atomic E-state index is 13.5. The van der Waals surface area contributed by atoms with E-state index < -0.39 is 17.8 Å². The number of carboxylic acids is 1. The van der Waals surface area contributed by atoms with E-state index in [4.69, 9.17) is 0 Å². The summed E-state index contributed by atoms with van der Waals surface area (Å²) in [5.41, 5.74) is 2.45. The highest BCUT2D eigenvalue weighted by Crippen LogP contribution is 2.45. The molecule has 0 unspecified atom stereocenters. The molecule has 4 nitrogen and oxygen atoms in total. The SMILES string of the molecule is O=C(Nc1ccc(Br)cc1)[C@H]1[C@H](C(=O)O)[C@H](c2ccccc2)C=C[C@@H]1c1ccccc1. The van der Waals surface area contributed by atoms with Gasteiger partial charge in [-0.2, -0.15) is 0 Å². The Kier molecular flexibility index (Phi) is 6.33. The lowest BCUT2D eigenvalue weighted by Gasteiger charge is -2.37. The summed E-state index contributed by atoms with van der Waals surface area (Å²) in [6, 6.07) is 26.4. The molecule has 5 heteroatoms. The number of aliphatic carboxylic acids is 1. The Morgan fingerprint density at radius 2 is 1.19 bits per heavy atom. The summed E-state index contributed by atoms with van der Waals surface area (Å²) in [7, 11) is 0. The van der Waals surface area contributed by atoms with E-state index in [-0.39, 0.29) is 17.7 Å². The van der Waals surface area contributed by atoms with Crippen molar-refractivity contribution in [3.05, 3.63) is 113 Å². The number of anilines is 1. The van der Waals surface area contributed by atoms with E-state index in [1.807, 2.05) is 84.9 Å². The van der Waals surface area contributed by atoms with Crippen molar-refractivity contribution in [3.63, 3.8) is 0 Å². The molecule has 0 saturated heterocycles. The molecule has 0 bridgehead atoms. The molecular formula is C26H22BrNO3. The molecule has 4 rings (SSSR count). The van der Waals surface area contributed by atoms with Gasteiger partial charge in [-0.15, -0.1) is 0 Å². The predicted molar refractivity (Wildman–Crippen MR) is 125 cm³/mol. The van der Waals surface area contributed by atoms with E-state index in [0.29, 0.717) is 5.69 Å². The van der Waals surface area contributed by atoms with Crippen LogP contribution in [0.2, 0.25) is 0 Å². The molecule has 0 aliphatic heterocycles. The van der Waals surface area contributed by atoms with Crippen molar-refractivity contribution in [2.24, 2.45) is 11.8 Å². The number of nitrogens with one attached hydrogen (secondary N) is 1. The summed E-state index contributed by atoms with van der Waals surface area (Å²) in [5.74, 6) is -3.66. The Labute approximate surface area is 189 Å². The molecular weight excluding hydrogens is 454 g/mol. The topological polar surface area (TPSA) is 66.4 Å². The average Bonchev–Trinajstić information content (AvgIpc) is 2.80. The van der Waals surface area contributed by atoms with Crippen LogP contribution in [0.4, 0.5) is 5.69 Å². The lowest BCUT2D eigenvalue weighted by molar-refractivity contribution is -0.147. The third-order valence-corrected chi connectivity index (χ3v) is 6.28. The Morgan fingerprint density at radius 1 is 0.710 bits per heavy atom. The first-order valence-electron chi connectivity index (χ1n) is 10.1. The van der Waals surface area contributed by atoms with Gasteiger partial charge in [0, 0.05) is 22.0 Å². The molecule has 4 atom stereocenters. The smallest absolute Gasteiger partial charge is 0.308 e. The van der Waals surface area contributed by atoms with Gasteiger partial charge in [0.1, 0.15) is 0 Å². The molecule has 3 aromatic rings. The van der Waals surface area contributed by atoms with Crippen LogP contribution in [0.1, 0.15) is 23.0 Å². The van der Waals surface area contributed by atoms with E-state index in [1.165, 1.54) is 0 Å². The standard InChI is InChI=1S/C26H22BrNO3/c27-19-11-13-20(14-12-19)28-25(29)23-21(17-7-3-1-4-8-17)15-16-22(24(23)26(30)31)18-9-5-2-6-10-18/h1-16,21-24H,(H,28,29)(H,30,31)/t21-,22+,23-,24-/m1/s1. The fourth-order valence-corrected chi connectivity index (χ4v) is 4.57. The number of carbonyl (C=O) groups is 2. The number of rotatable bonds is 5. The largest absolute Gasteiger partial charge is 0.481 e. The molecule has 0 aromatic heterocycles. The number of carbonyl (C=O) groups excluding carboxylic acids is 1. The van der Waals surface area contributed by atoms with E-state index in [2.05, 4.69) is 21.2 Å². The summed E-state index contributed by atoms with van der Waals surface area (Å²) in [6.45, 7) is 0. The third-order valence-electron chi connectivity index (χ3n) is 5.76. The Morgan fingerprint density at radius 3 is 1.68 bits per heavy atom. The van der Waals surface area contributed by atoms with Crippen LogP contribution in [0, 0.1) is 11.8 Å². The fourth-order valence-electron chi connectivity index (χ4n) is 4.31. The highest BCUT2D eigenvalue weighted by Gasteiger charge is 2.46. The van der Waals surface area contributed by atoms with Gasteiger partial charge in [-0.05, 0) is 35.4 Å². The number of hydrogen-bond donors (Lipinski definition) is 2. The van der Waals surface area contributed by atoms with E-state index >= 15 is 0 Å². The molecule has 0 heterocycles. The van der Waals surface area contributed by atoms with Crippen LogP contribution in [0.25, 0.3) is 0 Å². The Hall–Kier alpha value is -3.18. The normalized spacial score (nSPS) is 22.6. The number of benzene rings is 3. The van der Waals surface area contributed by atoms with Gasteiger partial charge in [0.15, 0.2) is 0 Å². The Balaban J connectivity index is 1.76. The van der Waals surface area contributed by atoms with Crippen LogP contribution in [0.3, 0.4) is 0 Å². The van der Waals surface area contributed by atoms with Crippen LogP contribution < -0.4 is 5.32 Å². The van der Waals surface area contributed by atoms with Gasteiger partial charge < -0.3 is 10.4 Å². The summed E-state index contributed by atoms with van der Waals surface area (Å²) >= 11 is 3.39. The first-order chi connectivity index (χ1) is 15.0. The molecule has 1 amide bonds. The number of hydrogen-bond acceptors (Lipinski definition) is 2. The number of allylic oxidation sites excluding steroid dienone is 2. The van der Waals surface area contributed by atoms with Gasteiger partial charge in [-0.3, -0.25) is 9.59 Å². The minimum atomic E-state index is -0.977. The van der Waals surface area contributed by atoms with Crippen LogP contribution in [-0.2, 0) is 9.59 Å². The molecule has 2 N–H and O–H groups in total. The second-order valence-corrected chi connectivity index (χ2v) is 8.56. The zero-order valence-electron chi connectivity index (χ0n) is 16.7. The highest BCUT2D eigenvalue weighted by molar-refractivity contribution is 9.10. The van der Waals surface area contributed by atoms with Crippen LogP contribution in [0.15, 0.2) is 102 Å². The zero-order valence-corrected chi connectivity index (χ0v) is 18.3. The lowest BCUT2D eigenvalue weighted by atomic mass is 9.66. The molecule has 1 aliphatic rings. The quantitative estimate of drug-likeness (QED) is 0.455. The lowest BCUT2D eigenvalue weighted by Crippen LogP contribution is -2.42. The second-order valence-electron chi connectivity index (χ2n) is 7.64. The van der Waals surface area contributed by atoms with Crippen LogP contribution in [0.5, 0.6) is 0 Å². The maximum Gasteiger partial charge on any atom is 0.308 e.